The van der Waals surface area contributed by atoms with E-state index in [-0.39, 0.29) is 24.0 Å². The monoisotopic (exact) mass is 401 g/mol. The fourth-order valence-corrected chi connectivity index (χ4v) is 3.26. The van der Waals surface area contributed by atoms with Crippen molar-refractivity contribution >= 4 is 16.9 Å². The molecular weight excluding hydrogens is 385 g/mol. The molecule has 0 amide bonds. The van der Waals surface area contributed by atoms with Crippen LogP contribution in [0.15, 0.2) is 55.0 Å². The van der Waals surface area contributed by atoms with Crippen LogP contribution in [-0.2, 0) is 13.6 Å². The van der Waals surface area contributed by atoms with Gasteiger partial charge in [-0.25, -0.2) is 19.0 Å². The molecule has 5 aromatic rings. The Bertz CT molecular complexity index is 1370. The molecule has 0 spiro atoms. The number of benzene rings is 1. The van der Waals surface area contributed by atoms with Crippen molar-refractivity contribution < 1.29 is 4.39 Å². The number of anilines is 1. The smallest absolute Gasteiger partial charge is 0.204 e. The minimum Gasteiger partial charge on any atom is -0.382 e. The van der Waals surface area contributed by atoms with Gasteiger partial charge in [-0.05, 0) is 18.2 Å². The van der Waals surface area contributed by atoms with Gasteiger partial charge in [-0.3, -0.25) is 4.68 Å². The third-order valence-electron chi connectivity index (χ3n) is 4.69. The Morgan fingerprint density at radius 2 is 1.93 bits per heavy atom. The standard InChI is InChI=1S/C20H16FN9/c1-29-10-13(9-24-29)16-18(22)25-19(27-26-16)17-14-6-4-8-23-20(14)30(28-17)11-12-5-2-3-7-15(12)21/h2-10H,11H2,1H3,(H2,22,25,27). The van der Waals surface area contributed by atoms with E-state index in [1.54, 1.807) is 59.3 Å². The van der Waals surface area contributed by atoms with E-state index in [0.717, 1.165) is 10.9 Å². The number of halogens is 1. The van der Waals surface area contributed by atoms with Gasteiger partial charge in [-0.1, -0.05) is 18.2 Å². The maximum Gasteiger partial charge on any atom is 0.204 e. The topological polar surface area (TPSA) is 113 Å². The fraction of sp³-hybridized carbons (Fsp3) is 0.100. The Kier molecular flexibility index (Phi) is 4.16. The molecule has 0 fully saturated rings. The summed E-state index contributed by atoms with van der Waals surface area (Å²) in [4.78, 5) is 8.81. The van der Waals surface area contributed by atoms with E-state index in [4.69, 9.17) is 5.73 Å². The predicted molar refractivity (Wildman–Crippen MR) is 108 cm³/mol. The highest BCUT2D eigenvalue weighted by atomic mass is 19.1. The Balaban J connectivity index is 1.60. The summed E-state index contributed by atoms with van der Waals surface area (Å²) >= 11 is 0. The zero-order chi connectivity index (χ0) is 20.7. The van der Waals surface area contributed by atoms with E-state index in [1.165, 1.54) is 6.07 Å². The second-order valence-electron chi connectivity index (χ2n) is 6.74. The van der Waals surface area contributed by atoms with Crippen LogP contribution in [-0.4, -0.2) is 39.7 Å². The van der Waals surface area contributed by atoms with Gasteiger partial charge in [-0.2, -0.15) is 10.2 Å². The second kappa shape index (κ2) is 6.99. The molecule has 5 rings (SSSR count). The van der Waals surface area contributed by atoms with Gasteiger partial charge in [0.1, 0.15) is 17.2 Å². The summed E-state index contributed by atoms with van der Waals surface area (Å²) < 4.78 is 17.4. The molecular formula is C20H16FN9. The Hall–Kier alpha value is -4.21. The summed E-state index contributed by atoms with van der Waals surface area (Å²) in [6.07, 6.45) is 5.08. The average molecular weight is 401 g/mol. The SMILES string of the molecule is Cn1cc(-c2nnc(-c3nn(Cc4ccccc4F)c4ncccc34)nc2N)cn1. The molecule has 0 radical (unpaired) electrons. The number of fused-ring (bicyclic) bond motifs is 1. The molecule has 0 aliphatic carbocycles. The van der Waals surface area contributed by atoms with Crippen LogP contribution in [0.2, 0.25) is 0 Å². The molecule has 4 aromatic heterocycles. The fourth-order valence-electron chi connectivity index (χ4n) is 3.26. The van der Waals surface area contributed by atoms with Crippen LogP contribution >= 0.6 is 0 Å². The quantitative estimate of drug-likeness (QED) is 0.492. The average Bonchev–Trinajstić information content (AvgIpc) is 3.34. The Morgan fingerprint density at radius 3 is 2.70 bits per heavy atom. The number of aryl methyl sites for hydroxylation is 1. The van der Waals surface area contributed by atoms with Crippen LogP contribution in [0.25, 0.3) is 33.8 Å². The number of nitrogens with two attached hydrogens (primary N) is 1. The first-order valence-electron chi connectivity index (χ1n) is 9.14. The molecule has 9 nitrogen and oxygen atoms in total. The van der Waals surface area contributed by atoms with Crippen molar-refractivity contribution in [2.75, 3.05) is 5.73 Å². The molecule has 2 N–H and O–H groups in total. The highest BCUT2D eigenvalue weighted by molar-refractivity contribution is 5.89. The molecule has 0 aliphatic rings. The van der Waals surface area contributed by atoms with E-state index >= 15 is 0 Å². The lowest BCUT2D eigenvalue weighted by Gasteiger charge is -2.04. The molecule has 0 aliphatic heterocycles. The van der Waals surface area contributed by atoms with Crippen LogP contribution in [0.4, 0.5) is 10.2 Å². The number of rotatable bonds is 4. The number of hydrogen-bond donors (Lipinski definition) is 1. The van der Waals surface area contributed by atoms with Crippen LogP contribution < -0.4 is 5.73 Å². The van der Waals surface area contributed by atoms with E-state index < -0.39 is 0 Å². The maximum absolute atomic E-state index is 14.1. The van der Waals surface area contributed by atoms with Crippen molar-refractivity contribution in [1.29, 1.82) is 0 Å². The highest BCUT2D eigenvalue weighted by Crippen LogP contribution is 2.27. The zero-order valence-corrected chi connectivity index (χ0v) is 15.9. The van der Waals surface area contributed by atoms with Crippen LogP contribution in [0.5, 0.6) is 0 Å². The van der Waals surface area contributed by atoms with Crippen molar-refractivity contribution in [3.8, 4) is 22.8 Å². The third kappa shape index (κ3) is 3.04. The largest absolute Gasteiger partial charge is 0.382 e. The third-order valence-corrected chi connectivity index (χ3v) is 4.69. The first-order valence-corrected chi connectivity index (χ1v) is 9.14. The van der Waals surface area contributed by atoms with Crippen molar-refractivity contribution in [1.82, 2.24) is 39.7 Å². The lowest BCUT2D eigenvalue weighted by molar-refractivity contribution is 0.589. The van der Waals surface area contributed by atoms with E-state index in [2.05, 4.69) is 30.4 Å². The lowest BCUT2D eigenvalue weighted by Crippen LogP contribution is -2.05. The molecule has 30 heavy (non-hydrogen) atoms. The molecule has 0 saturated carbocycles. The summed E-state index contributed by atoms with van der Waals surface area (Å²) in [5, 5.41) is 17.9. The summed E-state index contributed by atoms with van der Waals surface area (Å²) in [6.45, 7) is 0.219. The van der Waals surface area contributed by atoms with Gasteiger partial charge in [0.05, 0.1) is 18.1 Å². The van der Waals surface area contributed by atoms with Crippen LogP contribution in [0.3, 0.4) is 0 Å². The van der Waals surface area contributed by atoms with Crippen LogP contribution in [0.1, 0.15) is 5.56 Å². The van der Waals surface area contributed by atoms with E-state index in [0.29, 0.717) is 22.6 Å². The van der Waals surface area contributed by atoms with Gasteiger partial charge in [0.2, 0.25) is 5.82 Å². The molecule has 1 aromatic carbocycles. The molecule has 0 atom stereocenters. The molecule has 148 valence electrons. The summed E-state index contributed by atoms with van der Waals surface area (Å²) in [5.41, 5.74) is 8.88. The number of nitrogen functional groups attached to an aromatic ring is 1. The minimum absolute atomic E-state index is 0.216. The lowest BCUT2D eigenvalue weighted by atomic mass is 10.2. The predicted octanol–water partition coefficient (Wildman–Crippen LogP) is 2.45. The van der Waals surface area contributed by atoms with E-state index in [9.17, 15) is 4.39 Å². The van der Waals surface area contributed by atoms with Crippen molar-refractivity contribution in [2.24, 2.45) is 7.05 Å². The van der Waals surface area contributed by atoms with Gasteiger partial charge in [0.25, 0.3) is 0 Å². The maximum atomic E-state index is 14.1. The van der Waals surface area contributed by atoms with Crippen molar-refractivity contribution in [2.45, 2.75) is 6.54 Å². The van der Waals surface area contributed by atoms with Crippen LogP contribution in [0, 0.1) is 5.82 Å². The van der Waals surface area contributed by atoms with Gasteiger partial charge < -0.3 is 5.73 Å². The summed E-state index contributed by atoms with van der Waals surface area (Å²) in [6, 6.07) is 10.2. The molecule has 0 bridgehead atoms. The highest BCUT2D eigenvalue weighted by Gasteiger charge is 2.19. The Labute approximate surface area is 170 Å². The number of hydrogen-bond acceptors (Lipinski definition) is 7. The summed E-state index contributed by atoms with van der Waals surface area (Å²) in [7, 11) is 1.80. The summed E-state index contributed by atoms with van der Waals surface area (Å²) in [5.74, 6) is 0.181. The van der Waals surface area contributed by atoms with Gasteiger partial charge >= 0.3 is 0 Å². The van der Waals surface area contributed by atoms with Crippen molar-refractivity contribution in [3.63, 3.8) is 0 Å². The number of pyridine rings is 1. The second-order valence-corrected chi connectivity index (χ2v) is 6.74. The van der Waals surface area contributed by atoms with Gasteiger partial charge in [0.15, 0.2) is 11.5 Å². The van der Waals surface area contributed by atoms with Crippen molar-refractivity contribution in [3.05, 3.63) is 66.4 Å². The first-order chi connectivity index (χ1) is 14.6. The zero-order valence-electron chi connectivity index (χ0n) is 15.9. The molecule has 0 unspecified atom stereocenters. The van der Waals surface area contributed by atoms with Gasteiger partial charge in [-0.15, -0.1) is 10.2 Å². The number of nitrogens with zero attached hydrogens (tertiary/aromatic N) is 8. The number of aromatic nitrogens is 8. The Morgan fingerprint density at radius 1 is 1.07 bits per heavy atom. The first kappa shape index (κ1) is 17.9. The van der Waals surface area contributed by atoms with Gasteiger partial charge in [0, 0.05) is 30.6 Å². The normalized spacial score (nSPS) is 11.3. The molecule has 0 saturated heterocycles. The van der Waals surface area contributed by atoms with E-state index in [1.807, 2.05) is 6.07 Å². The minimum atomic E-state index is -0.304. The molecule has 10 heteroatoms. The molecule has 4 heterocycles.